The molecular weight excluding hydrogens is 383 g/mol. The highest BCUT2D eigenvalue weighted by Gasteiger charge is 2.43. The lowest BCUT2D eigenvalue weighted by atomic mass is 9.94. The second kappa shape index (κ2) is 11.3. The number of rotatable bonds is 12. The highest BCUT2D eigenvalue weighted by molar-refractivity contribution is 7.62. The molecule has 1 amide bonds. The summed E-state index contributed by atoms with van der Waals surface area (Å²) in [6.45, 7) is 14.0. The van der Waals surface area contributed by atoms with Gasteiger partial charge in [0.05, 0.1) is 0 Å². The van der Waals surface area contributed by atoms with Crippen LogP contribution in [0.3, 0.4) is 0 Å². The molecule has 166 valence electrons. The van der Waals surface area contributed by atoms with E-state index in [1.807, 2.05) is 27.7 Å². The highest BCUT2D eigenvalue weighted by atomic mass is 31.2. The molecular formula is C19H39N2O6P. The number of carboxylic acids is 1. The van der Waals surface area contributed by atoms with Gasteiger partial charge in [-0.2, -0.15) is 0 Å². The van der Waals surface area contributed by atoms with Crippen molar-refractivity contribution in [1.82, 2.24) is 9.96 Å². The second-order valence-corrected chi connectivity index (χ2v) is 11.8. The predicted molar refractivity (Wildman–Crippen MR) is 110 cm³/mol. The first-order chi connectivity index (χ1) is 12.7. The fraction of sp³-hybridized carbons (Fsp3) is 0.895. The van der Waals surface area contributed by atoms with E-state index in [-0.39, 0.29) is 5.92 Å². The van der Waals surface area contributed by atoms with E-state index in [9.17, 15) is 29.6 Å². The molecule has 0 radical (unpaired) electrons. The van der Waals surface area contributed by atoms with Crippen LogP contribution in [0.15, 0.2) is 0 Å². The van der Waals surface area contributed by atoms with Gasteiger partial charge < -0.3 is 14.8 Å². The summed E-state index contributed by atoms with van der Waals surface area (Å²) in [5.41, 5.74) is 0. The molecule has 4 unspecified atom stereocenters. The van der Waals surface area contributed by atoms with Gasteiger partial charge in [0.2, 0.25) is 0 Å². The van der Waals surface area contributed by atoms with Crippen LogP contribution in [0.25, 0.3) is 0 Å². The van der Waals surface area contributed by atoms with Gasteiger partial charge in [0.25, 0.3) is 5.91 Å². The first-order valence-electron chi connectivity index (χ1n) is 9.95. The van der Waals surface area contributed by atoms with Gasteiger partial charge in [-0.15, -0.1) is 0 Å². The molecule has 0 saturated heterocycles. The van der Waals surface area contributed by atoms with Crippen molar-refractivity contribution in [3.63, 3.8) is 0 Å². The van der Waals surface area contributed by atoms with E-state index in [0.29, 0.717) is 24.4 Å². The van der Waals surface area contributed by atoms with Gasteiger partial charge in [0.1, 0.15) is 25.1 Å². The van der Waals surface area contributed by atoms with E-state index in [4.69, 9.17) is 0 Å². The Morgan fingerprint density at radius 2 is 1.54 bits per heavy atom. The number of hydroxylamine groups is 2. The third-order valence-corrected chi connectivity index (χ3v) is 6.59. The predicted octanol–water partition coefficient (Wildman–Crippen LogP) is 2.97. The van der Waals surface area contributed by atoms with Gasteiger partial charge in [0, 0.05) is 6.04 Å². The van der Waals surface area contributed by atoms with Crippen LogP contribution in [0.1, 0.15) is 54.4 Å². The van der Waals surface area contributed by atoms with Crippen LogP contribution in [0.4, 0.5) is 0 Å². The van der Waals surface area contributed by atoms with E-state index in [2.05, 4.69) is 0 Å². The van der Waals surface area contributed by atoms with E-state index >= 15 is 0 Å². The summed E-state index contributed by atoms with van der Waals surface area (Å²) in [6.07, 6.45) is 0.390. The van der Waals surface area contributed by atoms with Crippen molar-refractivity contribution in [2.24, 2.45) is 17.8 Å². The SMILES string of the molecule is CCCC(C(O)P(C)(C)=O)N(CC)C(C(C)C)N(O)C(=O)C(C(=O)O)C(C)C. The summed E-state index contributed by atoms with van der Waals surface area (Å²) in [4.78, 5) is 26.1. The lowest BCUT2D eigenvalue weighted by Crippen LogP contribution is -2.59. The Bertz CT molecular complexity index is 563. The average Bonchev–Trinajstić information content (AvgIpc) is 2.54. The van der Waals surface area contributed by atoms with Crippen LogP contribution in [-0.2, 0) is 14.2 Å². The van der Waals surface area contributed by atoms with E-state index in [0.717, 1.165) is 0 Å². The number of amides is 1. The van der Waals surface area contributed by atoms with Gasteiger partial charge in [0.15, 0.2) is 0 Å². The Morgan fingerprint density at radius 1 is 1.04 bits per heavy atom. The van der Waals surface area contributed by atoms with Crippen molar-refractivity contribution in [1.29, 1.82) is 0 Å². The van der Waals surface area contributed by atoms with Crippen molar-refractivity contribution < 1.29 is 29.6 Å². The second-order valence-electron chi connectivity index (χ2n) is 8.43. The van der Waals surface area contributed by atoms with Crippen LogP contribution in [0.5, 0.6) is 0 Å². The third kappa shape index (κ3) is 6.83. The molecule has 0 aliphatic rings. The van der Waals surface area contributed by atoms with Crippen LogP contribution in [0.2, 0.25) is 0 Å². The van der Waals surface area contributed by atoms with Crippen LogP contribution in [0, 0.1) is 17.8 Å². The minimum absolute atomic E-state index is 0.254. The number of aliphatic carboxylic acids is 1. The molecule has 0 aromatic rings. The summed E-state index contributed by atoms with van der Waals surface area (Å²) in [7, 11) is -2.85. The van der Waals surface area contributed by atoms with E-state index in [1.54, 1.807) is 18.7 Å². The number of carboxylic acid groups (broad SMARTS) is 1. The van der Waals surface area contributed by atoms with Gasteiger partial charge in [-0.1, -0.05) is 48.0 Å². The summed E-state index contributed by atoms with van der Waals surface area (Å²) in [5, 5.41) is 31.4. The number of hydrogen-bond donors (Lipinski definition) is 3. The molecule has 0 rings (SSSR count). The lowest BCUT2D eigenvalue weighted by Gasteiger charge is -2.45. The molecule has 0 aliphatic heterocycles. The monoisotopic (exact) mass is 422 g/mol. The minimum Gasteiger partial charge on any atom is -0.481 e. The fourth-order valence-electron chi connectivity index (χ4n) is 3.57. The molecule has 4 atom stereocenters. The Balaban J connectivity index is 6.09. The standard InChI is InChI=1S/C19H39N2O6P/c1-9-11-14(19(25)28(7,8)27)20(10-2)16(13(5)6)21(26)17(22)15(12(3)4)18(23)24/h12-16,19,25-26H,9-11H2,1-8H3,(H,23,24). The molecule has 0 fully saturated rings. The lowest BCUT2D eigenvalue weighted by molar-refractivity contribution is -0.212. The maximum atomic E-state index is 12.8. The van der Waals surface area contributed by atoms with Crippen LogP contribution < -0.4 is 0 Å². The molecule has 28 heavy (non-hydrogen) atoms. The molecule has 0 saturated carbocycles. The highest BCUT2D eigenvalue weighted by Crippen LogP contribution is 2.45. The van der Waals surface area contributed by atoms with E-state index in [1.165, 1.54) is 13.3 Å². The zero-order chi connectivity index (χ0) is 22.4. The molecule has 0 bridgehead atoms. The summed E-state index contributed by atoms with van der Waals surface area (Å²) in [5.74, 6) is -5.41. The zero-order valence-electron chi connectivity index (χ0n) is 18.5. The number of carbonyl (C=O) groups excluding carboxylic acids is 1. The van der Waals surface area contributed by atoms with Crippen molar-refractivity contribution in [2.75, 3.05) is 19.9 Å². The topological polar surface area (TPSA) is 118 Å². The molecule has 0 aromatic heterocycles. The number of aliphatic hydroxyl groups is 1. The van der Waals surface area contributed by atoms with Gasteiger partial charge in [-0.25, -0.2) is 5.06 Å². The number of aliphatic hydroxyl groups excluding tert-OH is 1. The molecule has 0 spiro atoms. The van der Waals surface area contributed by atoms with Gasteiger partial charge in [-0.05, 0) is 38.1 Å². The molecule has 0 aromatic carbocycles. The van der Waals surface area contributed by atoms with Crippen molar-refractivity contribution in [3.8, 4) is 0 Å². The van der Waals surface area contributed by atoms with Crippen LogP contribution in [-0.4, -0.2) is 75.2 Å². The first kappa shape index (κ1) is 27.0. The first-order valence-corrected chi connectivity index (χ1v) is 12.6. The molecule has 0 heterocycles. The molecule has 9 heteroatoms. The third-order valence-electron chi connectivity index (χ3n) is 4.97. The van der Waals surface area contributed by atoms with Crippen molar-refractivity contribution in [3.05, 3.63) is 0 Å². The number of hydrogen-bond acceptors (Lipinski definition) is 6. The normalized spacial score (nSPS) is 16.9. The Hall–Kier alpha value is -0.950. The summed E-state index contributed by atoms with van der Waals surface area (Å²) < 4.78 is 12.5. The van der Waals surface area contributed by atoms with Crippen molar-refractivity contribution in [2.45, 2.75) is 72.4 Å². The van der Waals surface area contributed by atoms with Crippen molar-refractivity contribution >= 4 is 19.0 Å². The smallest absolute Gasteiger partial charge is 0.316 e. The van der Waals surface area contributed by atoms with E-state index < -0.39 is 48.9 Å². The number of carbonyl (C=O) groups is 2. The molecule has 3 N–H and O–H groups in total. The number of likely N-dealkylation sites (N-methyl/N-ethyl adjacent to an activating group) is 1. The average molecular weight is 423 g/mol. The Morgan fingerprint density at radius 3 is 1.82 bits per heavy atom. The number of nitrogens with zero attached hydrogens (tertiary/aromatic N) is 2. The summed E-state index contributed by atoms with van der Waals surface area (Å²) in [6, 6.07) is -0.534. The van der Waals surface area contributed by atoms with Gasteiger partial charge >= 0.3 is 5.97 Å². The van der Waals surface area contributed by atoms with Gasteiger partial charge in [-0.3, -0.25) is 19.7 Å². The van der Waals surface area contributed by atoms with Crippen LogP contribution >= 0.6 is 7.14 Å². The quantitative estimate of drug-likeness (QED) is 0.145. The zero-order valence-corrected chi connectivity index (χ0v) is 19.4. The molecule has 8 nitrogen and oxygen atoms in total. The maximum Gasteiger partial charge on any atom is 0.316 e. The Kier molecular flexibility index (Phi) is 10.9. The Labute approximate surface area is 169 Å². The minimum atomic E-state index is -2.85. The summed E-state index contributed by atoms with van der Waals surface area (Å²) >= 11 is 0. The largest absolute Gasteiger partial charge is 0.481 e. The maximum absolute atomic E-state index is 12.8. The fourth-order valence-corrected chi connectivity index (χ4v) is 4.72. The molecule has 0 aliphatic carbocycles.